The number of halogens is 3. The van der Waals surface area contributed by atoms with Crippen LogP contribution in [0.5, 0.6) is 0 Å². The van der Waals surface area contributed by atoms with E-state index in [-0.39, 0.29) is 11.6 Å². The zero-order valence-corrected chi connectivity index (χ0v) is 19.3. The quantitative estimate of drug-likeness (QED) is 0.417. The van der Waals surface area contributed by atoms with E-state index >= 15 is 0 Å². The number of sulfonamides is 1. The lowest BCUT2D eigenvalue weighted by atomic mass is 9.91. The molecule has 1 aliphatic carbocycles. The highest BCUT2D eigenvalue weighted by Gasteiger charge is 2.34. The lowest BCUT2D eigenvalue weighted by Gasteiger charge is -2.30. The first-order chi connectivity index (χ1) is 16.7. The first-order valence-corrected chi connectivity index (χ1v) is 12.6. The number of rotatable bonds is 5. The lowest BCUT2D eigenvalue weighted by Crippen LogP contribution is -2.38. The van der Waals surface area contributed by atoms with Crippen molar-refractivity contribution in [2.24, 2.45) is 0 Å². The number of pyridine rings is 1. The summed E-state index contributed by atoms with van der Waals surface area (Å²) in [5, 5.41) is 9.03. The molecule has 1 aliphatic rings. The first kappa shape index (κ1) is 23.4. The predicted molar refractivity (Wildman–Crippen MR) is 124 cm³/mol. The third-order valence-corrected chi connectivity index (χ3v) is 7.85. The number of alkyl halides is 3. The van der Waals surface area contributed by atoms with Gasteiger partial charge in [0.1, 0.15) is 12.7 Å². The second-order valence-corrected chi connectivity index (χ2v) is 10.4. The molecule has 0 aliphatic heterocycles. The fourth-order valence-electron chi connectivity index (χ4n) is 4.65. The van der Waals surface area contributed by atoms with Crippen LogP contribution < -0.4 is 4.72 Å². The first-order valence-electron chi connectivity index (χ1n) is 11.1. The van der Waals surface area contributed by atoms with Crippen LogP contribution in [-0.4, -0.2) is 34.2 Å². The zero-order valence-electron chi connectivity index (χ0n) is 18.5. The minimum absolute atomic E-state index is 0.0188. The second kappa shape index (κ2) is 9.04. The highest BCUT2D eigenvalue weighted by Crippen LogP contribution is 2.37. The Morgan fingerprint density at radius 3 is 2.54 bits per heavy atom. The average Bonchev–Trinajstić information content (AvgIpc) is 3.38. The van der Waals surface area contributed by atoms with Gasteiger partial charge in [-0.15, -0.1) is 10.2 Å². The van der Waals surface area contributed by atoms with Crippen molar-refractivity contribution >= 4 is 20.8 Å². The van der Waals surface area contributed by atoms with E-state index in [0.29, 0.717) is 29.9 Å². The highest BCUT2D eigenvalue weighted by atomic mass is 32.2. The molecule has 1 saturated carbocycles. The number of hydrogen-bond donors (Lipinski definition) is 1. The standard InChI is InChI=1S/C24H22F3N5O2S/c25-24(26,27)18-8-17(23-13-28-12-16-4-1-2-7-22(16)23)9-21(10-18)35(33,34)31-19-5-3-6-20(11-19)32-14-29-30-15-32/h1-2,4,7-10,12-15,19-20,31H,3,5-6,11H2/t19-,20+/m0/s1. The van der Waals surface area contributed by atoms with Gasteiger partial charge in [0.25, 0.3) is 0 Å². The summed E-state index contributed by atoms with van der Waals surface area (Å²) in [7, 11) is -4.23. The summed E-state index contributed by atoms with van der Waals surface area (Å²) in [4.78, 5) is 3.71. The molecule has 0 amide bonds. The van der Waals surface area contributed by atoms with Crippen LogP contribution >= 0.6 is 0 Å². The molecule has 2 heterocycles. The van der Waals surface area contributed by atoms with Gasteiger partial charge in [0.15, 0.2) is 0 Å². The molecule has 0 unspecified atom stereocenters. The minimum Gasteiger partial charge on any atom is -0.317 e. The maximum atomic E-state index is 13.8. The maximum Gasteiger partial charge on any atom is 0.416 e. The molecule has 2 atom stereocenters. The molecular weight excluding hydrogens is 479 g/mol. The predicted octanol–water partition coefficient (Wildman–Crippen LogP) is 4.97. The van der Waals surface area contributed by atoms with E-state index in [0.717, 1.165) is 24.3 Å². The van der Waals surface area contributed by atoms with Crippen molar-refractivity contribution in [1.29, 1.82) is 0 Å². The largest absolute Gasteiger partial charge is 0.416 e. The average molecular weight is 502 g/mol. The van der Waals surface area contributed by atoms with Crippen molar-refractivity contribution in [3.8, 4) is 11.1 Å². The molecule has 1 fully saturated rings. The monoisotopic (exact) mass is 501 g/mol. The van der Waals surface area contributed by atoms with Gasteiger partial charge in [-0.05, 0) is 54.8 Å². The molecule has 11 heteroatoms. The van der Waals surface area contributed by atoms with Crippen LogP contribution in [0.4, 0.5) is 13.2 Å². The van der Waals surface area contributed by atoms with Crippen molar-refractivity contribution in [3.05, 3.63) is 73.1 Å². The number of nitrogens with one attached hydrogen (secondary N) is 1. The summed E-state index contributed by atoms with van der Waals surface area (Å²) in [6, 6.07) is 9.67. The normalized spacial score (nSPS) is 19.2. The van der Waals surface area contributed by atoms with Crippen LogP contribution in [-0.2, 0) is 16.2 Å². The summed E-state index contributed by atoms with van der Waals surface area (Å²) in [5.41, 5.74) is -0.471. The number of fused-ring (bicyclic) bond motifs is 1. The molecule has 0 bridgehead atoms. The summed E-state index contributed by atoms with van der Waals surface area (Å²) < 4.78 is 72.4. The topological polar surface area (TPSA) is 89.8 Å². The number of benzene rings is 2. The van der Waals surface area contributed by atoms with Crippen LogP contribution in [0.2, 0.25) is 0 Å². The zero-order chi connectivity index (χ0) is 24.6. The molecule has 35 heavy (non-hydrogen) atoms. The maximum absolute atomic E-state index is 13.8. The third kappa shape index (κ3) is 4.92. The Morgan fingerprint density at radius 1 is 1.00 bits per heavy atom. The van der Waals surface area contributed by atoms with Crippen LogP contribution in [0.15, 0.2) is 72.4 Å². The van der Waals surface area contributed by atoms with E-state index in [1.807, 2.05) is 4.57 Å². The van der Waals surface area contributed by atoms with Crippen molar-refractivity contribution in [3.63, 3.8) is 0 Å². The van der Waals surface area contributed by atoms with E-state index in [4.69, 9.17) is 0 Å². The second-order valence-electron chi connectivity index (χ2n) is 8.70. The van der Waals surface area contributed by atoms with Crippen molar-refractivity contribution in [2.45, 2.75) is 48.8 Å². The van der Waals surface area contributed by atoms with E-state index in [9.17, 15) is 21.6 Å². The summed E-state index contributed by atoms with van der Waals surface area (Å²) in [5.74, 6) is 0. The molecule has 7 nitrogen and oxygen atoms in total. The van der Waals surface area contributed by atoms with Gasteiger partial charge in [0.2, 0.25) is 10.0 Å². The molecule has 2 aromatic heterocycles. The summed E-state index contributed by atoms with van der Waals surface area (Å²) in [6.07, 6.45) is 4.21. The van der Waals surface area contributed by atoms with Crippen molar-refractivity contribution in [2.75, 3.05) is 0 Å². The number of aromatic nitrogens is 4. The van der Waals surface area contributed by atoms with Gasteiger partial charge in [-0.2, -0.15) is 13.2 Å². The fourth-order valence-corrected chi connectivity index (χ4v) is 6.00. The SMILES string of the molecule is O=S(=O)(N[C@H]1CCC[C@@H](n2cnnc2)C1)c1cc(-c2cncc3ccccc23)cc(C(F)(F)F)c1. The fraction of sp³-hybridized carbons (Fsp3) is 0.292. The third-order valence-electron chi connectivity index (χ3n) is 6.35. The van der Waals surface area contributed by atoms with Gasteiger partial charge in [-0.25, -0.2) is 13.1 Å². The van der Waals surface area contributed by atoms with E-state index < -0.39 is 32.7 Å². The molecular formula is C24H22F3N5O2S. The van der Waals surface area contributed by atoms with Gasteiger partial charge in [-0.3, -0.25) is 4.98 Å². The number of nitrogens with zero attached hydrogens (tertiary/aromatic N) is 4. The van der Waals surface area contributed by atoms with E-state index in [1.165, 1.54) is 12.3 Å². The molecule has 1 N–H and O–H groups in total. The Bertz CT molecular complexity index is 1450. The molecule has 5 rings (SSSR count). The van der Waals surface area contributed by atoms with Crippen molar-refractivity contribution < 1.29 is 21.6 Å². The Labute approximate surface area is 200 Å². The Morgan fingerprint density at radius 2 is 1.77 bits per heavy atom. The Balaban J connectivity index is 1.52. The molecule has 2 aromatic carbocycles. The summed E-state index contributed by atoms with van der Waals surface area (Å²) >= 11 is 0. The van der Waals surface area contributed by atoms with Gasteiger partial charge < -0.3 is 4.57 Å². The van der Waals surface area contributed by atoms with E-state index in [1.54, 1.807) is 43.1 Å². The number of hydrogen-bond acceptors (Lipinski definition) is 5. The van der Waals surface area contributed by atoms with Gasteiger partial charge >= 0.3 is 6.18 Å². The molecule has 0 saturated heterocycles. The highest BCUT2D eigenvalue weighted by molar-refractivity contribution is 7.89. The molecule has 182 valence electrons. The van der Waals surface area contributed by atoms with Crippen LogP contribution in [0, 0.1) is 0 Å². The van der Waals surface area contributed by atoms with Gasteiger partial charge in [0, 0.05) is 35.4 Å². The van der Waals surface area contributed by atoms with Gasteiger partial charge in [0.05, 0.1) is 10.5 Å². The Kier molecular flexibility index (Phi) is 6.06. The molecule has 0 spiro atoms. The molecule has 0 radical (unpaired) electrons. The minimum atomic E-state index is -4.72. The van der Waals surface area contributed by atoms with Crippen molar-refractivity contribution in [1.82, 2.24) is 24.5 Å². The van der Waals surface area contributed by atoms with Crippen LogP contribution in [0.3, 0.4) is 0 Å². The summed E-state index contributed by atoms with van der Waals surface area (Å²) in [6.45, 7) is 0. The Hall–Kier alpha value is -3.31. The van der Waals surface area contributed by atoms with Crippen LogP contribution in [0.25, 0.3) is 21.9 Å². The lowest BCUT2D eigenvalue weighted by molar-refractivity contribution is -0.137. The van der Waals surface area contributed by atoms with E-state index in [2.05, 4.69) is 19.9 Å². The van der Waals surface area contributed by atoms with Gasteiger partial charge in [-0.1, -0.05) is 24.3 Å². The smallest absolute Gasteiger partial charge is 0.317 e. The van der Waals surface area contributed by atoms with Crippen LogP contribution in [0.1, 0.15) is 37.3 Å². The molecule has 4 aromatic rings.